The van der Waals surface area contributed by atoms with Crippen LogP contribution in [0.5, 0.6) is 5.75 Å². The van der Waals surface area contributed by atoms with E-state index in [0.29, 0.717) is 6.20 Å². The highest BCUT2D eigenvalue weighted by Gasteiger charge is 2.38. The fourth-order valence-electron chi connectivity index (χ4n) is 3.13. The van der Waals surface area contributed by atoms with Crippen LogP contribution in [0.25, 0.3) is 17.3 Å². The summed E-state index contributed by atoms with van der Waals surface area (Å²) in [5, 5.41) is 0. The largest absolute Gasteiger partial charge is 0.573 e. The standard InChI is InChI=1S/C22H23F3N6O2/c1-5-16-20(32)29(4)17-12-27-21(28-19(17)31(16)13(2)3)30-11-10-26-18(30)14-6-8-15(9-7-14)33-22(23,24)25/h6-13,16H,5H2,1-4H3/i1D3,2D3,3D3,4D3,5D2,13D. The third-order valence-electron chi connectivity index (χ3n) is 4.50. The van der Waals surface area contributed by atoms with Crippen molar-refractivity contribution in [2.45, 2.75) is 45.4 Å². The number of likely N-dealkylation sites (N-methyl/N-ethyl adjacent to an activating group) is 1. The molecule has 0 saturated heterocycles. The van der Waals surface area contributed by atoms with Crippen LogP contribution in [0.15, 0.2) is 42.9 Å². The van der Waals surface area contributed by atoms with Gasteiger partial charge in [-0.15, -0.1) is 13.2 Å². The number of fused-ring (bicyclic) bond motifs is 1. The van der Waals surface area contributed by atoms with Crippen molar-refractivity contribution in [3.05, 3.63) is 42.9 Å². The molecule has 1 aliphatic rings. The summed E-state index contributed by atoms with van der Waals surface area (Å²) in [5.74, 6) is -4.31. The maximum Gasteiger partial charge on any atom is 0.573 e. The predicted molar refractivity (Wildman–Crippen MR) is 116 cm³/mol. The lowest BCUT2D eigenvalue weighted by Gasteiger charge is -2.42. The summed E-state index contributed by atoms with van der Waals surface area (Å²) in [4.78, 5) is 25.7. The number of amides is 1. The molecule has 1 amide bonds. The van der Waals surface area contributed by atoms with Gasteiger partial charge >= 0.3 is 6.36 Å². The molecule has 11 heteroatoms. The van der Waals surface area contributed by atoms with E-state index in [1.807, 2.05) is 0 Å². The van der Waals surface area contributed by atoms with Crippen LogP contribution in [0.4, 0.5) is 24.7 Å². The number of imidazole rings is 1. The van der Waals surface area contributed by atoms with Crippen LogP contribution in [-0.2, 0) is 4.79 Å². The molecule has 0 spiro atoms. The smallest absolute Gasteiger partial charge is 0.406 e. The molecule has 3 aromatic rings. The van der Waals surface area contributed by atoms with Crippen molar-refractivity contribution in [2.75, 3.05) is 16.8 Å². The van der Waals surface area contributed by atoms with E-state index in [4.69, 9.17) is 20.6 Å². The average molecular weight is 476 g/mol. The van der Waals surface area contributed by atoms with Gasteiger partial charge < -0.3 is 14.5 Å². The molecule has 0 saturated carbocycles. The summed E-state index contributed by atoms with van der Waals surface area (Å²) in [5.41, 5.74) is -0.801. The van der Waals surface area contributed by atoms with Crippen LogP contribution < -0.4 is 14.5 Å². The molecule has 4 rings (SSSR count). The zero-order chi connectivity index (χ0) is 36.6. The fraction of sp³-hybridized carbons (Fsp3) is 0.364. The summed E-state index contributed by atoms with van der Waals surface area (Å²) < 4.78 is 164. The number of ether oxygens (including phenoxy) is 1. The Balaban J connectivity index is 2.06. The summed E-state index contributed by atoms with van der Waals surface area (Å²) in [6, 6.07) is -2.94. The molecule has 3 heterocycles. The molecule has 2 aromatic heterocycles. The van der Waals surface area contributed by atoms with E-state index in [1.54, 1.807) is 0 Å². The van der Waals surface area contributed by atoms with E-state index in [0.717, 1.165) is 35.0 Å². The van der Waals surface area contributed by atoms with Gasteiger partial charge in [0.25, 0.3) is 0 Å². The molecule has 1 aliphatic heterocycles. The van der Waals surface area contributed by atoms with E-state index in [9.17, 15) is 18.0 Å². The lowest BCUT2D eigenvalue weighted by Crippen LogP contribution is -2.55. The second-order valence-electron chi connectivity index (χ2n) is 6.51. The maximum atomic E-state index is 13.8. The maximum absolute atomic E-state index is 13.8. The zero-order valence-electron chi connectivity index (χ0n) is 31.3. The summed E-state index contributed by atoms with van der Waals surface area (Å²) in [6.07, 6.45) is -5.92. The van der Waals surface area contributed by atoms with Gasteiger partial charge in [0.15, 0.2) is 5.82 Å². The van der Waals surface area contributed by atoms with Crippen molar-refractivity contribution >= 4 is 17.4 Å². The number of alkyl halides is 3. The molecule has 1 aromatic carbocycles. The topological polar surface area (TPSA) is 76.4 Å². The Bertz CT molecular complexity index is 1670. The second-order valence-corrected chi connectivity index (χ2v) is 6.51. The van der Waals surface area contributed by atoms with Gasteiger partial charge in [0.05, 0.1) is 7.57 Å². The normalized spacial score (nSPS) is 25.4. The van der Waals surface area contributed by atoms with Crippen LogP contribution in [-0.4, -0.2) is 50.8 Å². The van der Waals surface area contributed by atoms with Crippen LogP contribution in [0.3, 0.4) is 0 Å². The third kappa shape index (κ3) is 4.22. The Hall–Kier alpha value is -3.63. The number of carbonyl (C=O) groups excluding carboxylic acids is 1. The third-order valence-corrected chi connectivity index (χ3v) is 4.50. The van der Waals surface area contributed by atoms with Gasteiger partial charge in [-0.25, -0.2) is 9.97 Å². The quantitative estimate of drug-likeness (QED) is 0.551. The second kappa shape index (κ2) is 8.38. The van der Waals surface area contributed by atoms with Crippen LogP contribution >= 0.6 is 0 Å². The molecule has 1 atom stereocenters. The summed E-state index contributed by atoms with van der Waals surface area (Å²) in [7, 11) is 0. The summed E-state index contributed by atoms with van der Waals surface area (Å²) >= 11 is 0. The SMILES string of the molecule is [2H]C([2H])([2H])N1C(=O)C(C([2H])([2H])C([2H])([2H])[2H])N(C([2H])(C([2H])([2H])[2H])C([2H])([2H])[2H])c2nc(-n3ccnc3-c3ccc(OC(F)(F)F)cc3)ncc21. The first-order valence-corrected chi connectivity index (χ1v) is 8.94. The van der Waals surface area contributed by atoms with Crippen molar-refractivity contribution < 1.29 is 43.3 Å². The Morgan fingerprint density at radius 2 is 2.06 bits per heavy atom. The van der Waals surface area contributed by atoms with E-state index in [-0.39, 0.29) is 21.2 Å². The lowest BCUT2D eigenvalue weighted by atomic mass is 10.1. The molecule has 174 valence electrons. The van der Waals surface area contributed by atoms with Crippen molar-refractivity contribution in [3.63, 3.8) is 0 Å². The van der Waals surface area contributed by atoms with Crippen molar-refractivity contribution in [1.29, 1.82) is 0 Å². The zero-order valence-corrected chi connectivity index (χ0v) is 16.3. The van der Waals surface area contributed by atoms with Gasteiger partial charge in [-0.05, 0) is 44.3 Å². The van der Waals surface area contributed by atoms with Crippen molar-refractivity contribution in [3.8, 4) is 23.1 Å². The predicted octanol–water partition coefficient (Wildman–Crippen LogP) is 4.20. The first-order valence-electron chi connectivity index (χ1n) is 16.4. The number of hydrogen-bond acceptors (Lipinski definition) is 6. The first-order chi connectivity index (χ1) is 21.5. The lowest BCUT2D eigenvalue weighted by molar-refractivity contribution is -0.274. The van der Waals surface area contributed by atoms with E-state index in [1.165, 1.54) is 6.20 Å². The van der Waals surface area contributed by atoms with Gasteiger partial charge in [-0.2, -0.15) is 4.98 Å². The molecule has 0 fully saturated rings. The number of rotatable bonds is 5. The van der Waals surface area contributed by atoms with E-state index in [2.05, 4.69) is 19.7 Å². The molecule has 0 bridgehead atoms. The minimum absolute atomic E-state index is 0.0928. The molecular formula is C22H23F3N6O2. The fourth-order valence-corrected chi connectivity index (χ4v) is 3.13. The molecule has 0 aliphatic carbocycles. The number of anilines is 2. The highest BCUT2D eigenvalue weighted by Crippen LogP contribution is 2.36. The van der Waals surface area contributed by atoms with Gasteiger partial charge in [0, 0.05) is 50.1 Å². The number of nitrogens with zero attached hydrogens (tertiary/aromatic N) is 6. The monoisotopic (exact) mass is 475 g/mol. The van der Waals surface area contributed by atoms with Crippen LogP contribution in [0.1, 0.15) is 47.5 Å². The van der Waals surface area contributed by atoms with Gasteiger partial charge in [0.2, 0.25) is 11.9 Å². The minimum Gasteiger partial charge on any atom is -0.406 e. The van der Waals surface area contributed by atoms with Crippen molar-refractivity contribution in [2.24, 2.45) is 0 Å². The molecule has 0 N–H and O–H groups in total. The van der Waals surface area contributed by atoms with Crippen LogP contribution in [0.2, 0.25) is 0 Å². The van der Waals surface area contributed by atoms with Gasteiger partial charge in [-0.1, -0.05) is 6.85 Å². The Kier molecular flexibility index (Phi) is 2.67. The van der Waals surface area contributed by atoms with E-state index >= 15 is 0 Å². The molecule has 8 nitrogen and oxygen atoms in total. The minimum atomic E-state index is -4.99. The summed E-state index contributed by atoms with van der Waals surface area (Å²) in [6.45, 7) is -15.3. The molecule has 33 heavy (non-hydrogen) atoms. The average Bonchev–Trinajstić information content (AvgIpc) is 3.38. The Labute approximate surface area is 209 Å². The highest BCUT2D eigenvalue weighted by atomic mass is 19.4. The highest BCUT2D eigenvalue weighted by molar-refractivity contribution is 6.04. The van der Waals surface area contributed by atoms with E-state index < -0.39 is 81.4 Å². The molecular weight excluding hydrogens is 437 g/mol. The Morgan fingerprint density at radius 3 is 2.73 bits per heavy atom. The number of hydrogen-bond donors (Lipinski definition) is 0. The number of aromatic nitrogens is 4. The molecule has 0 radical (unpaired) electrons. The molecule has 1 unspecified atom stereocenters. The number of benzene rings is 1. The van der Waals surface area contributed by atoms with Gasteiger partial charge in [0.1, 0.15) is 23.3 Å². The van der Waals surface area contributed by atoms with Crippen LogP contribution in [0, 0.1) is 0 Å². The Morgan fingerprint density at radius 1 is 1.27 bits per heavy atom. The number of halogens is 3. The first kappa shape index (κ1) is 10.5. The van der Waals surface area contributed by atoms with Gasteiger partial charge in [-0.3, -0.25) is 9.36 Å². The number of carbonyl (C=O) groups is 1. The van der Waals surface area contributed by atoms with Crippen molar-refractivity contribution in [1.82, 2.24) is 19.5 Å².